The van der Waals surface area contributed by atoms with Gasteiger partial charge in [0.15, 0.2) is 0 Å². The van der Waals surface area contributed by atoms with Crippen molar-refractivity contribution in [1.29, 1.82) is 0 Å². The highest BCUT2D eigenvalue weighted by molar-refractivity contribution is 5.71. The molecule has 23 heavy (non-hydrogen) atoms. The van der Waals surface area contributed by atoms with E-state index in [0.717, 1.165) is 19.5 Å². The van der Waals surface area contributed by atoms with E-state index in [1.165, 1.54) is 44.1 Å². The molecule has 0 radical (unpaired) electrons. The molecule has 3 nitrogen and oxygen atoms in total. The number of hydrogen-bond acceptors (Lipinski definition) is 2. The lowest BCUT2D eigenvalue weighted by Gasteiger charge is -2.16. The van der Waals surface area contributed by atoms with Gasteiger partial charge >= 0.3 is 5.97 Å². The zero-order valence-corrected chi connectivity index (χ0v) is 14.4. The molecule has 2 rings (SSSR count). The topological polar surface area (TPSA) is 40.5 Å². The second-order valence-electron chi connectivity index (χ2n) is 6.94. The van der Waals surface area contributed by atoms with Crippen molar-refractivity contribution in [1.82, 2.24) is 4.90 Å². The Balaban J connectivity index is 1.77. The average molecular weight is 317 g/mol. The van der Waals surface area contributed by atoms with E-state index in [1.807, 2.05) is 18.2 Å². The van der Waals surface area contributed by atoms with Gasteiger partial charge in [-0.1, -0.05) is 75.8 Å². The molecule has 1 aliphatic rings. The summed E-state index contributed by atoms with van der Waals surface area (Å²) in [6.45, 7) is 4.74. The van der Waals surface area contributed by atoms with Crippen LogP contribution in [0.5, 0.6) is 0 Å². The Kier molecular flexibility index (Phi) is 7.60. The molecule has 1 aliphatic heterocycles. The van der Waals surface area contributed by atoms with Gasteiger partial charge in [0, 0.05) is 19.6 Å². The van der Waals surface area contributed by atoms with Crippen LogP contribution >= 0.6 is 0 Å². The Morgan fingerprint density at radius 2 is 1.78 bits per heavy atom. The SMILES string of the molecule is CCCCCCCC[C@@H]1CN(Cc2ccccc2)C[C@H]1C(=O)O. The van der Waals surface area contributed by atoms with Crippen molar-refractivity contribution in [2.75, 3.05) is 13.1 Å². The van der Waals surface area contributed by atoms with Crippen LogP contribution in [-0.2, 0) is 11.3 Å². The molecule has 1 saturated heterocycles. The summed E-state index contributed by atoms with van der Waals surface area (Å²) in [5.74, 6) is -0.478. The van der Waals surface area contributed by atoms with E-state index in [-0.39, 0.29) is 5.92 Å². The van der Waals surface area contributed by atoms with Crippen LogP contribution in [0.1, 0.15) is 57.4 Å². The van der Waals surface area contributed by atoms with E-state index < -0.39 is 5.97 Å². The van der Waals surface area contributed by atoms with Gasteiger partial charge in [-0.3, -0.25) is 9.69 Å². The summed E-state index contributed by atoms with van der Waals surface area (Å²) in [5.41, 5.74) is 1.27. The number of carboxylic acids is 1. The van der Waals surface area contributed by atoms with Crippen molar-refractivity contribution >= 4 is 5.97 Å². The fourth-order valence-corrected chi connectivity index (χ4v) is 3.69. The maximum Gasteiger partial charge on any atom is 0.308 e. The van der Waals surface area contributed by atoms with E-state index >= 15 is 0 Å². The van der Waals surface area contributed by atoms with Crippen LogP contribution in [0.15, 0.2) is 30.3 Å². The molecule has 0 unspecified atom stereocenters. The van der Waals surface area contributed by atoms with Gasteiger partial charge in [0.05, 0.1) is 5.92 Å². The first-order valence-electron chi connectivity index (χ1n) is 9.19. The predicted octanol–water partition coefficient (Wildman–Crippen LogP) is 4.57. The molecular formula is C20H31NO2. The summed E-state index contributed by atoms with van der Waals surface area (Å²) in [4.78, 5) is 13.9. The normalized spacial score (nSPS) is 21.6. The number of carboxylic acid groups (broad SMARTS) is 1. The fraction of sp³-hybridized carbons (Fsp3) is 0.650. The predicted molar refractivity (Wildman–Crippen MR) is 94.3 cm³/mol. The molecule has 0 saturated carbocycles. The van der Waals surface area contributed by atoms with Crippen molar-refractivity contribution in [3.05, 3.63) is 35.9 Å². The van der Waals surface area contributed by atoms with Gasteiger partial charge in [-0.15, -0.1) is 0 Å². The summed E-state index contributed by atoms with van der Waals surface area (Å²) < 4.78 is 0. The van der Waals surface area contributed by atoms with Crippen molar-refractivity contribution in [2.45, 2.75) is 58.4 Å². The van der Waals surface area contributed by atoms with Crippen molar-refractivity contribution in [3.63, 3.8) is 0 Å². The Labute approximate surface area is 140 Å². The van der Waals surface area contributed by atoms with Crippen LogP contribution in [-0.4, -0.2) is 29.1 Å². The van der Waals surface area contributed by atoms with Gasteiger partial charge in [0.1, 0.15) is 0 Å². The number of aliphatic carboxylic acids is 1. The number of rotatable bonds is 10. The molecule has 0 bridgehead atoms. The van der Waals surface area contributed by atoms with Crippen molar-refractivity contribution in [2.24, 2.45) is 11.8 Å². The summed E-state index contributed by atoms with van der Waals surface area (Å²) in [6.07, 6.45) is 8.72. The van der Waals surface area contributed by atoms with Gasteiger partial charge in [0.2, 0.25) is 0 Å². The highest BCUT2D eigenvalue weighted by Crippen LogP contribution is 2.29. The molecule has 1 fully saturated rings. The first kappa shape index (κ1) is 18.0. The molecule has 1 N–H and O–H groups in total. The van der Waals surface area contributed by atoms with Gasteiger partial charge in [0.25, 0.3) is 0 Å². The summed E-state index contributed by atoms with van der Waals surface area (Å²) in [7, 11) is 0. The molecule has 128 valence electrons. The molecule has 0 aliphatic carbocycles. The van der Waals surface area contributed by atoms with E-state index in [2.05, 4.69) is 24.0 Å². The lowest BCUT2D eigenvalue weighted by Crippen LogP contribution is -2.23. The number of likely N-dealkylation sites (tertiary alicyclic amines) is 1. The lowest BCUT2D eigenvalue weighted by atomic mass is 9.90. The minimum atomic E-state index is -0.614. The third kappa shape index (κ3) is 5.98. The highest BCUT2D eigenvalue weighted by Gasteiger charge is 2.36. The van der Waals surface area contributed by atoms with Crippen LogP contribution in [0, 0.1) is 11.8 Å². The maximum absolute atomic E-state index is 11.6. The number of benzene rings is 1. The maximum atomic E-state index is 11.6. The van der Waals surface area contributed by atoms with Gasteiger partial charge in [-0.2, -0.15) is 0 Å². The molecular weight excluding hydrogens is 286 g/mol. The van der Waals surface area contributed by atoms with Gasteiger partial charge in [-0.05, 0) is 17.9 Å². The quantitative estimate of drug-likeness (QED) is 0.643. The molecule has 3 heteroatoms. The molecule has 1 heterocycles. The van der Waals surface area contributed by atoms with Crippen LogP contribution in [0.4, 0.5) is 0 Å². The molecule has 1 aromatic carbocycles. The molecule has 2 atom stereocenters. The van der Waals surface area contributed by atoms with Crippen molar-refractivity contribution < 1.29 is 9.90 Å². The Morgan fingerprint density at radius 3 is 2.48 bits per heavy atom. The summed E-state index contributed by atoms with van der Waals surface area (Å²) >= 11 is 0. The second-order valence-corrected chi connectivity index (χ2v) is 6.94. The van der Waals surface area contributed by atoms with Crippen LogP contribution < -0.4 is 0 Å². The Morgan fingerprint density at radius 1 is 1.09 bits per heavy atom. The first-order valence-corrected chi connectivity index (χ1v) is 9.19. The largest absolute Gasteiger partial charge is 0.481 e. The van der Waals surface area contributed by atoms with E-state index in [1.54, 1.807) is 0 Å². The zero-order chi connectivity index (χ0) is 16.5. The number of carbonyl (C=O) groups is 1. The highest BCUT2D eigenvalue weighted by atomic mass is 16.4. The number of unbranched alkanes of at least 4 members (excludes halogenated alkanes) is 5. The van der Waals surface area contributed by atoms with Crippen LogP contribution in [0.2, 0.25) is 0 Å². The third-order valence-corrected chi connectivity index (χ3v) is 5.01. The Bertz CT molecular complexity index is 460. The third-order valence-electron chi connectivity index (χ3n) is 5.01. The molecule has 0 amide bonds. The lowest BCUT2D eigenvalue weighted by molar-refractivity contribution is -0.142. The van der Waals surface area contributed by atoms with E-state index in [0.29, 0.717) is 12.5 Å². The molecule has 1 aromatic rings. The monoisotopic (exact) mass is 317 g/mol. The zero-order valence-electron chi connectivity index (χ0n) is 14.4. The van der Waals surface area contributed by atoms with Crippen LogP contribution in [0.3, 0.4) is 0 Å². The van der Waals surface area contributed by atoms with E-state index in [4.69, 9.17) is 0 Å². The molecule has 0 aromatic heterocycles. The number of hydrogen-bond donors (Lipinski definition) is 1. The second kappa shape index (κ2) is 9.71. The standard InChI is InChI=1S/C20H31NO2/c1-2-3-4-5-6-10-13-18-15-21(16-19(18)20(22)23)14-17-11-8-7-9-12-17/h7-9,11-12,18-19H,2-6,10,13-16H2,1H3,(H,22,23)/t18-,19-/m1/s1. The Hall–Kier alpha value is -1.35. The van der Waals surface area contributed by atoms with Gasteiger partial charge in [-0.25, -0.2) is 0 Å². The first-order chi connectivity index (χ1) is 11.2. The summed E-state index contributed by atoms with van der Waals surface area (Å²) in [6, 6.07) is 10.4. The van der Waals surface area contributed by atoms with E-state index in [9.17, 15) is 9.90 Å². The minimum absolute atomic E-state index is 0.186. The summed E-state index contributed by atoms with van der Waals surface area (Å²) in [5, 5.41) is 9.51. The fourth-order valence-electron chi connectivity index (χ4n) is 3.69. The van der Waals surface area contributed by atoms with Crippen LogP contribution in [0.25, 0.3) is 0 Å². The smallest absolute Gasteiger partial charge is 0.308 e. The molecule has 0 spiro atoms. The minimum Gasteiger partial charge on any atom is -0.481 e. The van der Waals surface area contributed by atoms with Gasteiger partial charge < -0.3 is 5.11 Å². The average Bonchev–Trinajstić information content (AvgIpc) is 2.95. The van der Waals surface area contributed by atoms with Crippen molar-refractivity contribution in [3.8, 4) is 0 Å². The number of nitrogens with zero attached hydrogens (tertiary/aromatic N) is 1.